The maximum absolute atomic E-state index is 5.60. The van der Waals surface area contributed by atoms with E-state index in [0.717, 1.165) is 37.5 Å². The van der Waals surface area contributed by atoms with Crippen molar-refractivity contribution in [1.82, 2.24) is 0 Å². The molecule has 0 bridgehead atoms. The molecule has 0 amide bonds. The van der Waals surface area contributed by atoms with Crippen molar-refractivity contribution in [3.05, 3.63) is 0 Å². The first-order valence-corrected chi connectivity index (χ1v) is 4.69. The summed E-state index contributed by atoms with van der Waals surface area (Å²) in [6.07, 6.45) is 3.95. The highest BCUT2D eigenvalue weighted by atomic mass is 16.5. The molecule has 2 fully saturated rings. The van der Waals surface area contributed by atoms with Crippen LogP contribution < -0.4 is 5.73 Å². The summed E-state index contributed by atoms with van der Waals surface area (Å²) in [4.78, 5) is 0. The van der Waals surface area contributed by atoms with Gasteiger partial charge in [0.1, 0.15) is 0 Å². The topological polar surface area (TPSA) is 35.2 Å². The Morgan fingerprint density at radius 2 is 2.00 bits per heavy atom. The zero-order valence-electron chi connectivity index (χ0n) is 6.96. The Hall–Kier alpha value is -0.0800. The van der Waals surface area contributed by atoms with Gasteiger partial charge in [-0.05, 0) is 43.6 Å². The van der Waals surface area contributed by atoms with E-state index in [-0.39, 0.29) is 0 Å². The molecule has 1 heterocycles. The van der Waals surface area contributed by atoms with E-state index in [9.17, 15) is 0 Å². The standard InChI is InChI=1S/C9H17NO/c10-6-8-5-9(8)7-1-3-11-4-2-7/h7-9H,1-6,10H2/t8-,9-/m0/s1. The Bertz CT molecular complexity index is 132. The quantitative estimate of drug-likeness (QED) is 0.646. The molecule has 2 rings (SSSR count). The van der Waals surface area contributed by atoms with Crippen LogP contribution in [0.25, 0.3) is 0 Å². The molecular formula is C9H17NO. The molecule has 1 aliphatic carbocycles. The highest BCUT2D eigenvalue weighted by molar-refractivity contribution is 4.92. The summed E-state index contributed by atoms with van der Waals surface area (Å²) < 4.78 is 5.32. The van der Waals surface area contributed by atoms with Gasteiger partial charge in [-0.2, -0.15) is 0 Å². The predicted molar refractivity (Wildman–Crippen MR) is 44.2 cm³/mol. The van der Waals surface area contributed by atoms with E-state index in [1.54, 1.807) is 0 Å². The van der Waals surface area contributed by atoms with Crippen LogP contribution in [0.5, 0.6) is 0 Å². The van der Waals surface area contributed by atoms with Gasteiger partial charge >= 0.3 is 0 Å². The molecule has 2 atom stereocenters. The second-order valence-electron chi connectivity index (χ2n) is 3.85. The van der Waals surface area contributed by atoms with Crippen molar-refractivity contribution >= 4 is 0 Å². The van der Waals surface area contributed by atoms with E-state index in [1.807, 2.05) is 0 Å². The number of hydrogen-bond acceptors (Lipinski definition) is 2. The Labute approximate surface area is 68.1 Å². The molecule has 1 aliphatic heterocycles. The summed E-state index contributed by atoms with van der Waals surface area (Å²) in [5.41, 5.74) is 5.60. The average molecular weight is 155 g/mol. The Morgan fingerprint density at radius 3 is 2.55 bits per heavy atom. The van der Waals surface area contributed by atoms with Gasteiger partial charge in [-0.1, -0.05) is 0 Å². The van der Waals surface area contributed by atoms with Gasteiger partial charge in [0.25, 0.3) is 0 Å². The van der Waals surface area contributed by atoms with Crippen LogP contribution in [0.4, 0.5) is 0 Å². The number of nitrogens with two attached hydrogens (primary N) is 1. The van der Waals surface area contributed by atoms with Crippen molar-refractivity contribution in [3.8, 4) is 0 Å². The number of rotatable bonds is 2. The Morgan fingerprint density at radius 1 is 1.27 bits per heavy atom. The molecule has 1 saturated heterocycles. The van der Waals surface area contributed by atoms with E-state index in [2.05, 4.69) is 0 Å². The van der Waals surface area contributed by atoms with E-state index >= 15 is 0 Å². The number of ether oxygens (including phenoxy) is 1. The molecule has 0 aromatic carbocycles. The largest absolute Gasteiger partial charge is 0.381 e. The van der Waals surface area contributed by atoms with Crippen molar-refractivity contribution in [2.24, 2.45) is 23.5 Å². The lowest BCUT2D eigenvalue weighted by atomic mass is 9.94. The SMILES string of the molecule is NC[C@@H]1C[C@H]1C1CCOCC1. The third-order valence-corrected chi connectivity index (χ3v) is 3.15. The normalized spacial score (nSPS) is 39.0. The average Bonchev–Trinajstić information content (AvgIpc) is 2.85. The summed E-state index contributed by atoms with van der Waals surface area (Å²) in [7, 11) is 0. The summed E-state index contributed by atoms with van der Waals surface area (Å²) in [5.74, 6) is 2.76. The Kier molecular flexibility index (Phi) is 2.14. The monoisotopic (exact) mass is 155 g/mol. The van der Waals surface area contributed by atoms with Crippen LogP contribution in [-0.2, 0) is 4.74 Å². The van der Waals surface area contributed by atoms with Crippen molar-refractivity contribution in [2.75, 3.05) is 19.8 Å². The molecule has 0 aromatic heterocycles. The first kappa shape index (κ1) is 7.56. The molecule has 11 heavy (non-hydrogen) atoms. The molecule has 64 valence electrons. The van der Waals surface area contributed by atoms with Crippen LogP contribution in [0.2, 0.25) is 0 Å². The first-order valence-electron chi connectivity index (χ1n) is 4.69. The zero-order chi connectivity index (χ0) is 7.68. The first-order chi connectivity index (χ1) is 5.42. The fourth-order valence-corrected chi connectivity index (χ4v) is 2.26. The molecule has 0 radical (unpaired) electrons. The predicted octanol–water partition coefficient (Wildman–Crippen LogP) is 1.01. The van der Waals surface area contributed by atoms with Gasteiger partial charge in [-0.25, -0.2) is 0 Å². The second-order valence-corrected chi connectivity index (χ2v) is 3.85. The fourth-order valence-electron chi connectivity index (χ4n) is 2.26. The van der Waals surface area contributed by atoms with E-state index in [1.165, 1.54) is 19.3 Å². The van der Waals surface area contributed by atoms with Gasteiger partial charge < -0.3 is 10.5 Å². The molecule has 0 aromatic rings. The summed E-state index contributed by atoms with van der Waals surface area (Å²) in [6, 6.07) is 0. The van der Waals surface area contributed by atoms with Gasteiger partial charge in [0, 0.05) is 13.2 Å². The van der Waals surface area contributed by atoms with Crippen LogP contribution in [0.3, 0.4) is 0 Å². The maximum atomic E-state index is 5.60. The second kappa shape index (κ2) is 3.11. The van der Waals surface area contributed by atoms with E-state index in [0.29, 0.717) is 0 Å². The van der Waals surface area contributed by atoms with E-state index in [4.69, 9.17) is 10.5 Å². The Balaban J connectivity index is 1.77. The van der Waals surface area contributed by atoms with Crippen LogP contribution >= 0.6 is 0 Å². The highest BCUT2D eigenvalue weighted by Crippen LogP contribution is 2.46. The molecule has 2 nitrogen and oxygen atoms in total. The minimum Gasteiger partial charge on any atom is -0.381 e. The molecular weight excluding hydrogens is 138 g/mol. The van der Waals surface area contributed by atoms with Crippen LogP contribution in [0.15, 0.2) is 0 Å². The minimum atomic E-state index is 0.859. The van der Waals surface area contributed by atoms with Gasteiger partial charge in [0.2, 0.25) is 0 Å². The van der Waals surface area contributed by atoms with Crippen molar-refractivity contribution in [2.45, 2.75) is 19.3 Å². The summed E-state index contributed by atoms with van der Waals surface area (Å²) in [5, 5.41) is 0. The van der Waals surface area contributed by atoms with Crippen LogP contribution in [0, 0.1) is 17.8 Å². The van der Waals surface area contributed by atoms with Crippen molar-refractivity contribution < 1.29 is 4.74 Å². The maximum Gasteiger partial charge on any atom is 0.0468 e. The lowest BCUT2D eigenvalue weighted by Gasteiger charge is -2.21. The van der Waals surface area contributed by atoms with Crippen molar-refractivity contribution in [3.63, 3.8) is 0 Å². The van der Waals surface area contributed by atoms with E-state index < -0.39 is 0 Å². The smallest absolute Gasteiger partial charge is 0.0468 e. The summed E-state index contributed by atoms with van der Waals surface area (Å²) in [6.45, 7) is 2.87. The van der Waals surface area contributed by atoms with Gasteiger partial charge in [0.15, 0.2) is 0 Å². The lowest BCUT2D eigenvalue weighted by molar-refractivity contribution is 0.0583. The number of hydrogen-bond donors (Lipinski definition) is 1. The summed E-state index contributed by atoms with van der Waals surface area (Å²) >= 11 is 0. The zero-order valence-corrected chi connectivity index (χ0v) is 6.96. The minimum absolute atomic E-state index is 0.859. The van der Waals surface area contributed by atoms with Gasteiger partial charge in [-0.15, -0.1) is 0 Å². The molecule has 0 unspecified atom stereocenters. The van der Waals surface area contributed by atoms with Crippen LogP contribution in [0.1, 0.15) is 19.3 Å². The van der Waals surface area contributed by atoms with Crippen LogP contribution in [-0.4, -0.2) is 19.8 Å². The molecule has 0 spiro atoms. The fraction of sp³-hybridized carbons (Fsp3) is 1.00. The molecule has 2 heteroatoms. The van der Waals surface area contributed by atoms with Crippen molar-refractivity contribution in [1.29, 1.82) is 0 Å². The van der Waals surface area contributed by atoms with Gasteiger partial charge in [-0.3, -0.25) is 0 Å². The third-order valence-electron chi connectivity index (χ3n) is 3.15. The molecule has 2 aliphatic rings. The highest BCUT2D eigenvalue weighted by Gasteiger charge is 2.41. The molecule has 1 saturated carbocycles. The lowest BCUT2D eigenvalue weighted by Crippen LogP contribution is -2.19. The molecule has 2 N–H and O–H groups in total. The van der Waals surface area contributed by atoms with Gasteiger partial charge in [0.05, 0.1) is 0 Å². The third kappa shape index (κ3) is 1.57.